The highest BCUT2D eigenvalue weighted by molar-refractivity contribution is 5.69. The van der Waals surface area contributed by atoms with Crippen LogP contribution in [0.4, 0.5) is 0 Å². The molecule has 0 aliphatic carbocycles. The molecule has 0 amide bonds. The molecular formula is C42H80O7. The van der Waals surface area contributed by atoms with Crippen molar-refractivity contribution in [1.29, 1.82) is 0 Å². The van der Waals surface area contributed by atoms with Gasteiger partial charge in [-0.25, -0.2) is 0 Å². The predicted octanol–water partition coefficient (Wildman–Crippen LogP) is 10.8. The second kappa shape index (κ2) is 37.8. The Morgan fingerprint density at radius 1 is 0.469 bits per heavy atom. The Morgan fingerprint density at radius 2 is 0.837 bits per heavy atom. The van der Waals surface area contributed by atoms with E-state index in [0.717, 1.165) is 51.4 Å². The highest BCUT2D eigenvalue weighted by Gasteiger charge is 2.14. The van der Waals surface area contributed by atoms with E-state index >= 15 is 0 Å². The molecule has 0 aromatic carbocycles. The Morgan fingerprint density at radius 3 is 1.27 bits per heavy atom. The largest absolute Gasteiger partial charge is 0.463 e. The van der Waals surface area contributed by atoms with Gasteiger partial charge in [-0.15, -0.1) is 0 Å². The molecule has 0 aromatic heterocycles. The van der Waals surface area contributed by atoms with Crippen LogP contribution < -0.4 is 0 Å². The maximum absolute atomic E-state index is 12.0. The molecule has 0 bridgehead atoms. The molecule has 7 nitrogen and oxygen atoms in total. The number of aliphatic hydroxyl groups excluding tert-OH is 3. The van der Waals surface area contributed by atoms with Gasteiger partial charge < -0.3 is 24.8 Å². The van der Waals surface area contributed by atoms with Crippen LogP contribution in [-0.4, -0.2) is 58.8 Å². The SMILES string of the molecule is CCCCC/C=C\C[C@@H](O)[C@H](O)CCCCCCCC(=O)OC[C@H](O)COC(=O)CCCCCCCCCCCCCCCCCCCC. The first-order valence-corrected chi connectivity index (χ1v) is 20.9. The number of aliphatic hydroxyl groups is 3. The number of ether oxygens (including phenoxy) is 2. The van der Waals surface area contributed by atoms with Gasteiger partial charge in [0.1, 0.15) is 19.3 Å². The number of hydrogen-bond donors (Lipinski definition) is 3. The summed E-state index contributed by atoms with van der Waals surface area (Å²) in [7, 11) is 0. The second-order valence-electron chi connectivity index (χ2n) is 14.4. The van der Waals surface area contributed by atoms with Crippen molar-refractivity contribution in [2.45, 2.75) is 231 Å². The van der Waals surface area contributed by atoms with Gasteiger partial charge in [-0.3, -0.25) is 9.59 Å². The van der Waals surface area contributed by atoms with Crippen molar-refractivity contribution in [2.24, 2.45) is 0 Å². The minimum atomic E-state index is -1.01. The summed E-state index contributed by atoms with van der Waals surface area (Å²) in [5.74, 6) is -0.663. The Labute approximate surface area is 302 Å². The Kier molecular flexibility index (Phi) is 36.7. The van der Waals surface area contributed by atoms with E-state index in [1.165, 1.54) is 116 Å². The van der Waals surface area contributed by atoms with E-state index in [1.807, 2.05) is 6.08 Å². The van der Waals surface area contributed by atoms with Crippen molar-refractivity contribution in [3.63, 3.8) is 0 Å². The van der Waals surface area contributed by atoms with E-state index in [2.05, 4.69) is 19.9 Å². The predicted molar refractivity (Wildman–Crippen MR) is 204 cm³/mol. The zero-order valence-corrected chi connectivity index (χ0v) is 32.2. The lowest BCUT2D eigenvalue weighted by atomic mass is 10.0. The highest BCUT2D eigenvalue weighted by atomic mass is 16.6. The van der Waals surface area contributed by atoms with Gasteiger partial charge in [0.05, 0.1) is 12.2 Å². The zero-order chi connectivity index (χ0) is 36.0. The zero-order valence-electron chi connectivity index (χ0n) is 32.2. The average Bonchev–Trinajstić information content (AvgIpc) is 3.10. The van der Waals surface area contributed by atoms with E-state index in [0.29, 0.717) is 25.7 Å². The van der Waals surface area contributed by atoms with Crippen LogP contribution in [0.25, 0.3) is 0 Å². The first kappa shape index (κ1) is 47.6. The number of rotatable bonds is 38. The van der Waals surface area contributed by atoms with Crippen LogP contribution in [0, 0.1) is 0 Å². The minimum Gasteiger partial charge on any atom is -0.463 e. The molecule has 0 heterocycles. The van der Waals surface area contributed by atoms with Gasteiger partial charge in [0.15, 0.2) is 0 Å². The fraction of sp³-hybridized carbons (Fsp3) is 0.905. The molecule has 0 aromatic rings. The number of carbonyl (C=O) groups excluding carboxylic acids is 2. The van der Waals surface area contributed by atoms with Gasteiger partial charge in [-0.05, 0) is 38.5 Å². The van der Waals surface area contributed by atoms with Gasteiger partial charge in [-0.2, -0.15) is 0 Å². The van der Waals surface area contributed by atoms with Gasteiger partial charge in [0, 0.05) is 12.8 Å². The summed E-state index contributed by atoms with van der Waals surface area (Å²) in [6.07, 6.45) is 35.8. The van der Waals surface area contributed by atoms with Crippen molar-refractivity contribution in [2.75, 3.05) is 13.2 Å². The molecule has 3 atom stereocenters. The number of unbranched alkanes of at least 4 members (excludes halogenated alkanes) is 24. The summed E-state index contributed by atoms with van der Waals surface area (Å²) < 4.78 is 10.3. The molecule has 0 saturated carbocycles. The summed E-state index contributed by atoms with van der Waals surface area (Å²) >= 11 is 0. The molecule has 7 heteroatoms. The van der Waals surface area contributed by atoms with Crippen molar-refractivity contribution in [3.05, 3.63) is 12.2 Å². The van der Waals surface area contributed by atoms with Crippen LogP contribution in [0.1, 0.15) is 213 Å². The topological polar surface area (TPSA) is 113 Å². The first-order valence-electron chi connectivity index (χ1n) is 20.9. The molecule has 0 rings (SSSR count). The monoisotopic (exact) mass is 697 g/mol. The molecule has 0 radical (unpaired) electrons. The smallest absolute Gasteiger partial charge is 0.305 e. The normalized spacial score (nSPS) is 13.5. The van der Waals surface area contributed by atoms with E-state index in [4.69, 9.17) is 9.47 Å². The van der Waals surface area contributed by atoms with E-state index in [1.54, 1.807) is 0 Å². The summed E-state index contributed by atoms with van der Waals surface area (Å²) in [6.45, 7) is 4.13. The van der Waals surface area contributed by atoms with Crippen molar-refractivity contribution in [3.8, 4) is 0 Å². The van der Waals surface area contributed by atoms with E-state index in [9.17, 15) is 24.9 Å². The van der Waals surface area contributed by atoms with Crippen molar-refractivity contribution >= 4 is 11.9 Å². The molecule has 49 heavy (non-hydrogen) atoms. The molecule has 3 N–H and O–H groups in total. The molecule has 0 saturated heterocycles. The van der Waals surface area contributed by atoms with Crippen LogP contribution in [0.15, 0.2) is 12.2 Å². The third kappa shape index (κ3) is 36.2. The maximum atomic E-state index is 12.0. The van der Waals surface area contributed by atoms with E-state index in [-0.39, 0.29) is 31.6 Å². The third-order valence-electron chi connectivity index (χ3n) is 9.45. The highest BCUT2D eigenvalue weighted by Crippen LogP contribution is 2.16. The summed E-state index contributed by atoms with van der Waals surface area (Å²) in [6, 6.07) is 0. The average molecular weight is 697 g/mol. The Hall–Kier alpha value is -1.44. The van der Waals surface area contributed by atoms with Crippen LogP contribution in [0.3, 0.4) is 0 Å². The molecule has 0 unspecified atom stereocenters. The standard InChI is InChI=1S/C42H80O7/c1-3-5-7-9-11-12-13-14-15-16-17-18-19-20-21-22-26-30-34-41(46)48-36-38(43)37-49-42(47)35-31-27-23-25-29-33-40(45)39(44)32-28-24-10-8-6-4-2/h24,28,38-40,43-45H,3-23,25-27,29-37H2,1-2H3/b28-24-/t38-,39-,40-/m1/s1. The molecule has 0 fully saturated rings. The van der Waals surface area contributed by atoms with Crippen molar-refractivity contribution in [1.82, 2.24) is 0 Å². The van der Waals surface area contributed by atoms with Gasteiger partial charge in [-0.1, -0.05) is 174 Å². The van der Waals surface area contributed by atoms with Crippen LogP contribution in [0.5, 0.6) is 0 Å². The van der Waals surface area contributed by atoms with Crippen LogP contribution in [-0.2, 0) is 19.1 Å². The maximum Gasteiger partial charge on any atom is 0.305 e. The lowest BCUT2D eigenvalue weighted by Crippen LogP contribution is -2.25. The molecule has 0 spiro atoms. The van der Waals surface area contributed by atoms with Gasteiger partial charge in [0.2, 0.25) is 0 Å². The third-order valence-corrected chi connectivity index (χ3v) is 9.45. The summed E-state index contributed by atoms with van der Waals surface area (Å²) in [5, 5.41) is 30.3. The number of allylic oxidation sites excluding steroid dienone is 1. The van der Waals surface area contributed by atoms with E-state index < -0.39 is 18.3 Å². The minimum absolute atomic E-state index is 0.152. The van der Waals surface area contributed by atoms with Crippen LogP contribution in [0.2, 0.25) is 0 Å². The number of hydrogen-bond acceptors (Lipinski definition) is 7. The van der Waals surface area contributed by atoms with Crippen molar-refractivity contribution < 1.29 is 34.4 Å². The molecular weight excluding hydrogens is 616 g/mol. The summed E-state index contributed by atoms with van der Waals surface area (Å²) in [5.41, 5.74) is 0. The Balaban J connectivity index is 3.50. The fourth-order valence-corrected chi connectivity index (χ4v) is 6.11. The Bertz CT molecular complexity index is 741. The lowest BCUT2D eigenvalue weighted by Gasteiger charge is -2.16. The second-order valence-corrected chi connectivity index (χ2v) is 14.4. The molecule has 0 aliphatic rings. The lowest BCUT2D eigenvalue weighted by molar-refractivity contribution is -0.152. The quantitative estimate of drug-likeness (QED) is 0.0334. The molecule has 0 aliphatic heterocycles. The van der Waals surface area contributed by atoms with Gasteiger partial charge >= 0.3 is 11.9 Å². The fourth-order valence-electron chi connectivity index (χ4n) is 6.11. The van der Waals surface area contributed by atoms with Crippen LogP contribution >= 0.6 is 0 Å². The van der Waals surface area contributed by atoms with Gasteiger partial charge in [0.25, 0.3) is 0 Å². The summed E-state index contributed by atoms with van der Waals surface area (Å²) in [4.78, 5) is 24.0. The first-order chi connectivity index (χ1) is 23.9. The number of carbonyl (C=O) groups is 2. The number of esters is 2. The molecule has 290 valence electrons.